The van der Waals surface area contributed by atoms with Gasteiger partial charge >= 0.3 is 0 Å². The predicted molar refractivity (Wildman–Crippen MR) is 77.6 cm³/mol. The highest BCUT2D eigenvalue weighted by Gasteiger charge is 2.41. The fourth-order valence-corrected chi connectivity index (χ4v) is 3.69. The molecule has 106 valence electrons. The van der Waals surface area contributed by atoms with E-state index in [4.69, 9.17) is 0 Å². The molecule has 3 heteroatoms. The van der Waals surface area contributed by atoms with Crippen LogP contribution in [0.25, 0.3) is 0 Å². The highest BCUT2D eigenvalue weighted by molar-refractivity contribution is 6.11. The molecule has 1 saturated carbocycles. The van der Waals surface area contributed by atoms with Gasteiger partial charge in [0.1, 0.15) is 5.78 Å². The number of Topliss-reactive ketones (excluding diaryl/α,β-unsaturated/α-hetero) is 2. The Balaban J connectivity index is 1.77. The summed E-state index contributed by atoms with van der Waals surface area (Å²) < 4.78 is 0. The van der Waals surface area contributed by atoms with Crippen molar-refractivity contribution in [1.29, 1.82) is 0 Å². The molecule has 0 bridgehead atoms. The first kappa shape index (κ1) is 13.5. The Hall–Kier alpha value is -1.48. The van der Waals surface area contributed by atoms with Crippen molar-refractivity contribution in [3.05, 3.63) is 35.9 Å². The maximum Gasteiger partial charge on any atom is 0.173 e. The van der Waals surface area contributed by atoms with Crippen molar-refractivity contribution in [1.82, 2.24) is 4.90 Å². The number of benzene rings is 1. The molecular formula is C17H21NO2. The van der Waals surface area contributed by atoms with E-state index >= 15 is 0 Å². The van der Waals surface area contributed by atoms with Crippen LogP contribution in [0.4, 0.5) is 0 Å². The summed E-state index contributed by atoms with van der Waals surface area (Å²) in [6.45, 7) is 2.10. The molecule has 3 nitrogen and oxygen atoms in total. The van der Waals surface area contributed by atoms with Gasteiger partial charge in [-0.1, -0.05) is 30.3 Å². The van der Waals surface area contributed by atoms with E-state index in [2.05, 4.69) is 11.9 Å². The van der Waals surface area contributed by atoms with Crippen molar-refractivity contribution in [2.45, 2.75) is 19.3 Å². The molecule has 1 heterocycles. The van der Waals surface area contributed by atoms with Gasteiger partial charge in [0.25, 0.3) is 0 Å². The Morgan fingerprint density at radius 3 is 2.70 bits per heavy atom. The molecule has 0 aromatic heterocycles. The third-order valence-electron chi connectivity index (χ3n) is 4.86. The molecule has 20 heavy (non-hydrogen) atoms. The largest absolute Gasteiger partial charge is 0.306 e. The molecule has 0 spiro atoms. The average Bonchev–Trinajstić information content (AvgIpc) is 2.47. The topological polar surface area (TPSA) is 37.4 Å². The molecule has 2 fully saturated rings. The summed E-state index contributed by atoms with van der Waals surface area (Å²) in [6, 6.07) is 9.24. The molecule has 0 amide bonds. The molecule has 1 aromatic rings. The zero-order valence-electron chi connectivity index (χ0n) is 11.9. The zero-order valence-corrected chi connectivity index (χ0v) is 11.9. The first-order valence-electron chi connectivity index (χ1n) is 7.45. The van der Waals surface area contributed by atoms with Crippen LogP contribution in [0, 0.1) is 17.8 Å². The second kappa shape index (κ2) is 5.49. The molecule has 1 unspecified atom stereocenters. The van der Waals surface area contributed by atoms with E-state index in [1.54, 1.807) is 0 Å². The Bertz CT molecular complexity index is 511. The number of carbonyl (C=O) groups is 2. The van der Waals surface area contributed by atoms with Crippen molar-refractivity contribution >= 4 is 11.6 Å². The number of likely N-dealkylation sites (tertiary alicyclic amines) is 1. The van der Waals surface area contributed by atoms with Gasteiger partial charge in [0.2, 0.25) is 0 Å². The fraction of sp³-hybridized carbons (Fsp3) is 0.529. The number of fused-ring (bicyclic) bond motifs is 1. The highest BCUT2D eigenvalue weighted by Crippen LogP contribution is 2.38. The van der Waals surface area contributed by atoms with Crippen LogP contribution in [-0.4, -0.2) is 36.6 Å². The van der Waals surface area contributed by atoms with Gasteiger partial charge in [0.05, 0.1) is 5.92 Å². The minimum Gasteiger partial charge on any atom is -0.306 e. The lowest BCUT2D eigenvalue weighted by Crippen LogP contribution is -2.45. The van der Waals surface area contributed by atoms with Crippen LogP contribution >= 0.6 is 0 Å². The first-order valence-corrected chi connectivity index (χ1v) is 7.45. The Labute approximate surface area is 120 Å². The summed E-state index contributed by atoms with van der Waals surface area (Å²) in [6.07, 6.45) is 2.43. The summed E-state index contributed by atoms with van der Waals surface area (Å²) in [5.41, 5.74) is 0.675. The van der Waals surface area contributed by atoms with Crippen molar-refractivity contribution in [3.8, 4) is 0 Å². The van der Waals surface area contributed by atoms with Crippen LogP contribution in [0.5, 0.6) is 0 Å². The molecule has 2 aliphatic rings. The van der Waals surface area contributed by atoms with Crippen LogP contribution < -0.4 is 0 Å². The van der Waals surface area contributed by atoms with E-state index in [1.165, 1.54) is 0 Å². The molecule has 0 radical (unpaired) electrons. The molecule has 3 atom stereocenters. The minimum atomic E-state index is -0.412. The number of rotatable bonds is 2. The Morgan fingerprint density at radius 1 is 1.20 bits per heavy atom. The van der Waals surface area contributed by atoms with Gasteiger partial charge in [-0.2, -0.15) is 0 Å². The number of carbonyl (C=O) groups excluding carboxylic acids is 2. The van der Waals surface area contributed by atoms with E-state index in [-0.39, 0.29) is 11.6 Å². The highest BCUT2D eigenvalue weighted by atomic mass is 16.2. The summed E-state index contributed by atoms with van der Waals surface area (Å²) in [5.74, 6) is 0.764. The SMILES string of the molecule is CN1CC[C@H]2CC(=O)C(C(=O)c3ccccc3)C[C@@H]2C1. The monoisotopic (exact) mass is 271 g/mol. The number of hydrogen-bond acceptors (Lipinski definition) is 3. The summed E-state index contributed by atoms with van der Waals surface area (Å²) in [5, 5.41) is 0. The molecule has 1 aromatic carbocycles. The first-order chi connectivity index (χ1) is 9.65. The van der Waals surface area contributed by atoms with Crippen molar-refractivity contribution in [2.75, 3.05) is 20.1 Å². The second-order valence-electron chi connectivity index (χ2n) is 6.26. The molecule has 1 aliphatic carbocycles. The normalized spacial score (nSPS) is 30.9. The maximum atomic E-state index is 12.5. The quantitative estimate of drug-likeness (QED) is 0.612. The summed E-state index contributed by atoms with van der Waals surface area (Å²) >= 11 is 0. The van der Waals surface area contributed by atoms with E-state index in [9.17, 15) is 9.59 Å². The third-order valence-corrected chi connectivity index (χ3v) is 4.86. The molecule has 0 N–H and O–H groups in total. The number of nitrogens with zero attached hydrogens (tertiary/aromatic N) is 1. The molecular weight excluding hydrogens is 250 g/mol. The van der Waals surface area contributed by atoms with Gasteiger partial charge in [-0.15, -0.1) is 0 Å². The van der Waals surface area contributed by atoms with Crippen LogP contribution in [0.3, 0.4) is 0 Å². The van der Waals surface area contributed by atoms with Gasteiger partial charge < -0.3 is 4.90 Å². The summed E-state index contributed by atoms with van der Waals surface area (Å²) in [7, 11) is 2.13. The predicted octanol–water partition coefficient (Wildman–Crippen LogP) is 2.42. The second-order valence-corrected chi connectivity index (χ2v) is 6.26. The Kier molecular flexibility index (Phi) is 3.70. The zero-order chi connectivity index (χ0) is 14.1. The van der Waals surface area contributed by atoms with Crippen LogP contribution in [-0.2, 0) is 4.79 Å². The van der Waals surface area contributed by atoms with E-state index in [1.807, 2.05) is 30.3 Å². The minimum absolute atomic E-state index is 0.0160. The van der Waals surface area contributed by atoms with E-state index in [0.29, 0.717) is 23.8 Å². The molecule has 1 saturated heterocycles. The molecule has 1 aliphatic heterocycles. The van der Waals surface area contributed by atoms with Gasteiger partial charge in [-0.3, -0.25) is 9.59 Å². The van der Waals surface area contributed by atoms with Gasteiger partial charge in [-0.25, -0.2) is 0 Å². The van der Waals surface area contributed by atoms with Crippen molar-refractivity contribution < 1.29 is 9.59 Å². The lowest BCUT2D eigenvalue weighted by molar-refractivity contribution is -0.127. The standard InChI is InChI=1S/C17H21NO2/c1-18-8-7-13-10-16(19)15(9-14(13)11-18)17(20)12-5-3-2-4-6-12/h2-6,13-15H,7-11H2,1H3/t13-,14+,15?/m0/s1. The van der Waals surface area contributed by atoms with Crippen LogP contribution in [0.1, 0.15) is 29.6 Å². The average molecular weight is 271 g/mol. The fourth-order valence-electron chi connectivity index (χ4n) is 3.69. The van der Waals surface area contributed by atoms with Gasteiger partial charge in [0, 0.05) is 18.5 Å². The smallest absolute Gasteiger partial charge is 0.173 e. The van der Waals surface area contributed by atoms with Crippen molar-refractivity contribution in [2.24, 2.45) is 17.8 Å². The summed E-state index contributed by atoms with van der Waals surface area (Å²) in [4.78, 5) is 27.2. The third kappa shape index (κ3) is 2.55. The number of hydrogen-bond donors (Lipinski definition) is 0. The van der Waals surface area contributed by atoms with Crippen molar-refractivity contribution in [3.63, 3.8) is 0 Å². The lowest BCUT2D eigenvalue weighted by Gasteiger charge is -2.41. The lowest BCUT2D eigenvalue weighted by atomic mass is 9.68. The van der Waals surface area contributed by atoms with Gasteiger partial charge in [0.15, 0.2) is 5.78 Å². The number of ketones is 2. The van der Waals surface area contributed by atoms with Crippen LogP contribution in [0.2, 0.25) is 0 Å². The van der Waals surface area contributed by atoms with E-state index in [0.717, 1.165) is 25.9 Å². The Morgan fingerprint density at radius 2 is 1.95 bits per heavy atom. The number of piperidine rings is 1. The van der Waals surface area contributed by atoms with E-state index < -0.39 is 5.92 Å². The maximum absolute atomic E-state index is 12.5. The van der Waals surface area contributed by atoms with Crippen LogP contribution in [0.15, 0.2) is 30.3 Å². The molecule has 3 rings (SSSR count). The van der Waals surface area contributed by atoms with Gasteiger partial charge in [-0.05, 0) is 38.3 Å².